The molecule has 0 aromatic heterocycles. The van der Waals surface area contributed by atoms with Crippen LogP contribution in [0.15, 0.2) is 30.3 Å². The van der Waals surface area contributed by atoms with Crippen LogP contribution in [0.1, 0.15) is 37.7 Å². The fraction of sp³-hybridized carbons (Fsp3) is 0.571. The first-order chi connectivity index (χ1) is 7.63. The van der Waals surface area contributed by atoms with Crippen molar-refractivity contribution >= 4 is 26.6 Å². The van der Waals surface area contributed by atoms with Crippen LogP contribution in [0.3, 0.4) is 0 Å². The van der Waals surface area contributed by atoms with Gasteiger partial charge in [0.1, 0.15) is 0 Å². The second-order valence-electron chi connectivity index (χ2n) is 5.00. The number of alkyl halides is 1. The standard InChI is InChI=1S/C14H19ClSe/c1-14(16-2)9-12(8-13(15)10-14)11-6-4-3-5-7-11/h3-7,12-13H,8-10H2,1-2H3/t12-,13?,14-/m0/s1. The van der Waals surface area contributed by atoms with Crippen molar-refractivity contribution in [1.82, 2.24) is 0 Å². The van der Waals surface area contributed by atoms with Gasteiger partial charge in [-0.3, -0.25) is 0 Å². The minimum absolute atomic E-state index is 0.366. The maximum atomic E-state index is 6.43. The van der Waals surface area contributed by atoms with Crippen LogP contribution in [0, 0.1) is 0 Å². The van der Waals surface area contributed by atoms with Gasteiger partial charge in [-0.2, -0.15) is 0 Å². The molecule has 1 fully saturated rings. The summed E-state index contributed by atoms with van der Waals surface area (Å²) in [6, 6.07) is 10.9. The Kier molecular flexibility index (Phi) is 4.00. The van der Waals surface area contributed by atoms with Crippen molar-refractivity contribution in [2.45, 2.75) is 47.6 Å². The summed E-state index contributed by atoms with van der Waals surface area (Å²) in [5.41, 5.74) is 1.48. The summed E-state index contributed by atoms with van der Waals surface area (Å²) in [6.45, 7) is 2.41. The van der Waals surface area contributed by atoms with Crippen LogP contribution in [0.25, 0.3) is 0 Å². The van der Waals surface area contributed by atoms with Crippen LogP contribution in [-0.2, 0) is 0 Å². The summed E-state index contributed by atoms with van der Waals surface area (Å²) in [7, 11) is 0. The van der Waals surface area contributed by atoms with Crippen molar-refractivity contribution in [3.05, 3.63) is 35.9 Å². The molecule has 0 amide bonds. The molecule has 1 aromatic carbocycles. The number of rotatable bonds is 2. The van der Waals surface area contributed by atoms with Gasteiger partial charge in [0.2, 0.25) is 0 Å². The van der Waals surface area contributed by atoms with E-state index in [-0.39, 0.29) is 0 Å². The average Bonchev–Trinajstić information content (AvgIpc) is 2.29. The molecule has 0 spiro atoms. The molecular formula is C14H19ClSe. The molecule has 88 valence electrons. The third-order valence-corrected chi connectivity index (χ3v) is 6.74. The van der Waals surface area contributed by atoms with Crippen LogP contribution >= 0.6 is 11.6 Å². The van der Waals surface area contributed by atoms with Gasteiger partial charge in [-0.25, -0.2) is 0 Å². The Morgan fingerprint density at radius 3 is 2.56 bits per heavy atom. The monoisotopic (exact) mass is 302 g/mol. The van der Waals surface area contributed by atoms with E-state index in [0.29, 0.717) is 30.6 Å². The molecule has 2 rings (SSSR count). The molecule has 0 bridgehead atoms. The fourth-order valence-electron chi connectivity index (χ4n) is 2.69. The molecular weight excluding hydrogens is 283 g/mol. The molecule has 1 aromatic rings. The number of hydrogen-bond acceptors (Lipinski definition) is 0. The molecule has 0 N–H and O–H groups in total. The van der Waals surface area contributed by atoms with Gasteiger partial charge in [0.25, 0.3) is 0 Å². The summed E-state index contributed by atoms with van der Waals surface area (Å²) in [5.74, 6) is 3.02. The molecule has 1 aliphatic rings. The van der Waals surface area contributed by atoms with Gasteiger partial charge in [-0.15, -0.1) is 0 Å². The zero-order chi connectivity index (χ0) is 11.6. The number of hydrogen-bond donors (Lipinski definition) is 0. The van der Waals surface area contributed by atoms with E-state index in [1.54, 1.807) is 0 Å². The second kappa shape index (κ2) is 5.12. The molecule has 3 atom stereocenters. The Bertz CT molecular complexity index is 338. The topological polar surface area (TPSA) is 0 Å². The predicted octanol–water partition coefficient (Wildman–Crippen LogP) is 4.49. The predicted molar refractivity (Wildman–Crippen MR) is 72.7 cm³/mol. The molecule has 1 aliphatic carbocycles. The quantitative estimate of drug-likeness (QED) is 0.557. The van der Waals surface area contributed by atoms with Crippen molar-refractivity contribution < 1.29 is 0 Å². The Labute approximate surface area is 110 Å². The molecule has 0 radical (unpaired) electrons. The van der Waals surface area contributed by atoms with Gasteiger partial charge >= 0.3 is 110 Å². The Hall–Kier alpha value is 0.0295. The first kappa shape index (κ1) is 12.5. The SMILES string of the molecule is C[Se][C@]1(C)CC(Cl)C[C@H](c2ccccc2)C1. The van der Waals surface area contributed by atoms with Crippen molar-refractivity contribution in [2.75, 3.05) is 0 Å². The van der Waals surface area contributed by atoms with Crippen LogP contribution in [0.4, 0.5) is 0 Å². The van der Waals surface area contributed by atoms with E-state index in [9.17, 15) is 0 Å². The second-order valence-corrected chi connectivity index (χ2v) is 8.54. The van der Waals surface area contributed by atoms with Gasteiger partial charge in [-0.1, -0.05) is 0 Å². The maximum absolute atomic E-state index is 6.43. The van der Waals surface area contributed by atoms with E-state index in [2.05, 4.69) is 43.1 Å². The average molecular weight is 302 g/mol. The van der Waals surface area contributed by atoms with Gasteiger partial charge in [-0.05, 0) is 0 Å². The molecule has 2 heteroatoms. The molecule has 1 unspecified atom stereocenters. The Morgan fingerprint density at radius 2 is 1.94 bits per heavy atom. The summed E-state index contributed by atoms with van der Waals surface area (Å²) in [5, 5.41) is 0.366. The van der Waals surface area contributed by atoms with E-state index in [1.807, 2.05) is 0 Å². The van der Waals surface area contributed by atoms with E-state index < -0.39 is 0 Å². The molecule has 0 nitrogen and oxygen atoms in total. The zero-order valence-electron chi connectivity index (χ0n) is 9.95. The van der Waals surface area contributed by atoms with Gasteiger partial charge < -0.3 is 0 Å². The van der Waals surface area contributed by atoms with E-state index in [0.717, 1.165) is 6.42 Å². The van der Waals surface area contributed by atoms with Crippen molar-refractivity contribution in [3.63, 3.8) is 0 Å². The Balaban J connectivity index is 2.17. The van der Waals surface area contributed by atoms with E-state index in [1.165, 1.54) is 18.4 Å². The van der Waals surface area contributed by atoms with Crippen LogP contribution in [0.2, 0.25) is 10.1 Å². The third-order valence-electron chi connectivity index (χ3n) is 3.64. The van der Waals surface area contributed by atoms with Crippen molar-refractivity contribution in [3.8, 4) is 0 Å². The molecule has 1 saturated carbocycles. The van der Waals surface area contributed by atoms with Gasteiger partial charge in [0.05, 0.1) is 0 Å². The summed E-state index contributed by atoms with van der Waals surface area (Å²) in [4.78, 5) is 0. The van der Waals surface area contributed by atoms with Gasteiger partial charge in [0, 0.05) is 0 Å². The van der Waals surface area contributed by atoms with Crippen LogP contribution in [0.5, 0.6) is 0 Å². The number of benzene rings is 1. The summed E-state index contributed by atoms with van der Waals surface area (Å²) >= 11 is 7.12. The first-order valence-corrected chi connectivity index (χ1v) is 8.88. The first-order valence-electron chi connectivity index (χ1n) is 5.87. The Morgan fingerprint density at radius 1 is 1.25 bits per heavy atom. The molecule has 0 saturated heterocycles. The van der Waals surface area contributed by atoms with Crippen molar-refractivity contribution in [1.29, 1.82) is 0 Å². The van der Waals surface area contributed by atoms with E-state index >= 15 is 0 Å². The summed E-state index contributed by atoms with van der Waals surface area (Å²) < 4.78 is 0.498. The van der Waals surface area contributed by atoms with E-state index in [4.69, 9.17) is 11.6 Å². The molecule has 0 heterocycles. The van der Waals surface area contributed by atoms with Crippen LogP contribution in [-0.4, -0.2) is 20.3 Å². The summed E-state index contributed by atoms with van der Waals surface area (Å²) in [6.07, 6.45) is 3.67. The van der Waals surface area contributed by atoms with Crippen LogP contribution < -0.4 is 0 Å². The number of halogens is 1. The zero-order valence-corrected chi connectivity index (χ0v) is 12.4. The van der Waals surface area contributed by atoms with Crippen molar-refractivity contribution in [2.24, 2.45) is 0 Å². The van der Waals surface area contributed by atoms with Gasteiger partial charge in [0.15, 0.2) is 0 Å². The minimum atomic E-state index is 0.366. The normalized spacial score (nSPS) is 34.9. The molecule has 16 heavy (non-hydrogen) atoms. The third kappa shape index (κ3) is 2.83. The molecule has 0 aliphatic heterocycles. The fourth-order valence-corrected chi connectivity index (χ4v) is 5.00.